The number of nitrogens with zero attached hydrogens (tertiary/aromatic N) is 1. The summed E-state index contributed by atoms with van der Waals surface area (Å²) in [6, 6.07) is 22.9. The molecule has 1 aromatic heterocycles. The lowest BCUT2D eigenvalue weighted by Crippen LogP contribution is -1.96. The zero-order valence-corrected chi connectivity index (χ0v) is 12.6. The smallest absolute Gasteiger partial charge is 0.236 e. The fraction of sp³-hybridized carbons (Fsp3) is 0. The van der Waals surface area contributed by atoms with Crippen LogP contribution >= 0.6 is 0 Å². The summed E-state index contributed by atoms with van der Waals surface area (Å²) in [6.45, 7) is 3.85. The summed E-state index contributed by atoms with van der Waals surface area (Å²) in [5.74, 6) is 5.45. The van der Waals surface area contributed by atoms with Crippen molar-refractivity contribution in [3.63, 3.8) is 0 Å². The first kappa shape index (κ1) is 14.6. The van der Waals surface area contributed by atoms with E-state index in [-0.39, 0.29) is 5.78 Å². The van der Waals surface area contributed by atoms with Crippen LogP contribution in [0.5, 0.6) is 0 Å². The lowest BCUT2D eigenvalue weighted by molar-refractivity contribution is 0.105. The molecule has 0 aliphatic rings. The summed E-state index contributed by atoms with van der Waals surface area (Å²) in [5.41, 5.74) is 3.41. The van der Waals surface area contributed by atoms with E-state index < -0.39 is 0 Å². The van der Waals surface area contributed by atoms with Crippen molar-refractivity contribution in [2.24, 2.45) is 0 Å². The van der Waals surface area contributed by atoms with Gasteiger partial charge in [0.2, 0.25) is 5.78 Å². The molecule has 0 unspecified atom stereocenters. The first-order valence-electron chi connectivity index (χ1n) is 7.30. The third-order valence-corrected chi connectivity index (χ3v) is 3.51. The van der Waals surface area contributed by atoms with Crippen LogP contribution in [0.3, 0.4) is 0 Å². The second-order valence-corrected chi connectivity index (χ2v) is 4.97. The van der Waals surface area contributed by atoms with E-state index in [2.05, 4.69) is 18.4 Å². The summed E-state index contributed by atoms with van der Waals surface area (Å²) < 4.78 is 1.89. The van der Waals surface area contributed by atoms with E-state index in [1.54, 1.807) is 18.3 Å². The number of hydrogen-bond donors (Lipinski definition) is 0. The van der Waals surface area contributed by atoms with Crippen LogP contribution in [0.25, 0.3) is 17.5 Å². The van der Waals surface area contributed by atoms with Gasteiger partial charge in [0.1, 0.15) is 0 Å². The molecule has 23 heavy (non-hydrogen) atoms. The minimum atomic E-state index is -0.191. The molecule has 0 fully saturated rings. The van der Waals surface area contributed by atoms with Crippen LogP contribution in [-0.2, 0) is 0 Å². The topological polar surface area (TPSA) is 22.0 Å². The third kappa shape index (κ3) is 3.14. The molecular weight excluding hydrogens is 282 g/mol. The van der Waals surface area contributed by atoms with E-state index in [1.807, 2.05) is 65.2 Å². The van der Waals surface area contributed by atoms with Crippen LogP contribution in [0.4, 0.5) is 0 Å². The van der Waals surface area contributed by atoms with Gasteiger partial charge in [-0.1, -0.05) is 67.2 Å². The van der Waals surface area contributed by atoms with E-state index in [1.165, 1.54) is 0 Å². The number of ketones is 1. The normalized spacial score (nSPS) is 9.74. The monoisotopic (exact) mass is 297 g/mol. The summed E-state index contributed by atoms with van der Waals surface area (Å²) in [6.07, 6.45) is 1.71. The van der Waals surface area contributed by atoms with Gasteiger partial charge in [0.15, 0.2) is 0 Å². The van der Waals surface area contributed by atoms with Crippen molar-refractivity contribution in [1.82, 2.24) is 4.57 Å². The highest BCUT2D eigenvalue weighted by atomic mass is 16.1. The van der Waals surface area contributed by atoms with Crippen molar-refractivity contribution in [2.75, 3.05) is 0 Å². The molecule has 2 aromatic carbocycles. The van der Waals surface area contributed by atoms with Gasteiger partial charge in [-0.25, -0.2) is 0 Å². The second-order valence-electron chi connectivity index (χ2n) is 4.97. The van der Waals surface area contributed by atoms with Gasteiger partial charge in [-0.15, -0.1) is 0 Å². The van der Waals surface area contributed by atoms with Gasteiger partial charge in [0.05, 0.1) is 11.4 Å². The zero-order valence-electron chi connectivity index (χ0n) is 12.6. The summed E-state index contributed by atoms with van der Waals surface area (Å²) in [7, 11) is 0. The van der Waals surface area contributed by atoms with Crippen molar-refractivity contribution in [1.29, 1.82) is 0 Å². The first-order valence-corrected chi connectivity index (χ1v) is 7.30. The molecule has 0 atom stereocenters. The molecule has 2 nitrogen and oxygen atoms in total. The Morgan fingerprint density at radius 3 is 2.22 bits per heavy atom. The lowest BCUT2D eigenvalue weighted by atomic mass is 10.1. The molecule has 110 valence electrons. The summed E-state index contributed by atoms with van der Waals surface area (Å²) >= 11 is 0. The number of hydrogen-bond acceptors (Lipinski definition) is 1. The SMILES string of the molecule is C=Cn1c(C#CC(=O)c2ccccc2)ccc1-c1ccccc1. The van der Waals surface area contributed by atoms with Gasteiger partial charge in [-0.05, 0) is 29.5 Å². The molecule has 3 aromatic rings. The molecule has 0 saturated carbocycles. The fourth-order valence-corrected chi connectivity index (χ4v) is 2.37. The number of carbonyl (C=O) groups excluding carboxylic acids is 1. The van der Waals surface area contributed by atoms with E-state index in [9.17, 15) is 4.79 Å². The van der Waals surface area contributed by atoms with Crippen LogP contribution < -0.4 is 0 Å². The molecule has 1 heterocycles. The van der Waals surface area contributed by atoms with Crippen molar-refractivity contribution < 1.29 is 4.79 Å². The van der Waals surface area contributed by atoms with Crippen LogP contribution in [0.1, 0.15) is 16.1 Å². The number of benzene rings is 2. The Bertz CT molecular complexity index is 893. The van der Waals surface area contributed by atoms with Gasteiger partial charge in [0, 0.05) is 11.8 Å². The number of carbonyl (C=O) groups is 1. The average molecular weight is 297 g/mol. The largest absolute Gasteiger partial charge is 0.310 e. The van der Waals surface area contributed by atoms with Gasteiger partial charge < -0.3 is 4.57 Å². The van der Waals surface area contributed by atoms with Gasteiger partial charge in [0.25, 0.3) is 0 Å². The lowest BCUT2D eigenvalue weighted by Gasteiger charge is -2.05. The Kier molecular flexibility index (Phi) is 4.22. The molecule has 0 aliphatic carbocycles. The molecule has 0 spiro atoms. The molecule has 2 heteroatoms. The van der Waals surface area contributed by atoms with E-state index in [0.717, 1.165) is 17.0 Å². The van der Waals surface area contributed by atoms with Crippen molar-refractivity contribution >= 4 is 12.0 Å². The van der Waals surface area contributed by atoms with Gasteiger partial charge in [-0.3, -0.25) is 4.79 Å². The molecule has 0 saturated heterocycles. The Morgan fingerprint density at radius 1 is 0.913 bits per heavy atom. The Labute approximate surface area is 135 Å². The maximum absolute atomic E-state index is 12.1. The van der Waals surface area contributed by atoms with E-state index >= 15 is 0 Å². The van der Waals surface area contributed by atoms with E-state index in [4.69, 9.17) is 0 Å². The minimum Gasteiger partial charge on any atom is -0.310 e. The molecule has 0 radical (unpaired) electrons. The van der Waals surface area contributed by atoms with Crippen LogP contribution in [-0.4, -0.2) is 10.4 Å². The highest BCUT2D eigenvalue weighted by molar-refractivity contribution is 6.09. The first-order chi connectivity index (χ1) is 11.3. The Morgan fingerprint density at radius 2 is 1.57 bits per heavy atom. The van der Waals surface area contributed by atoms with Crippen molar-refractivity contribution in [3.05, 3.63) is 90.6 Å². The second kappa shape index (κ2) is 6.64. The van der Waals surface area contributed by atoms with Crippen LogP contribution in [0.2, 0.25) is 0 Å². The van der Waals surface area contributed by atoms with Crippen LogP contribution in [0, 0.1) is 11.8 Å². The summed E-state index contributed by atoms with van der Waals surface area (Å²) in [4.78, 5) is 12.1. The average Bonchev–Trinajstić information content (AvgIpc) is 3.04. The van der Waals surface area contributed by atoms with Crippen LogP contribution in [0.15, 0.2) is 79.4 Å². The predicted molar refractivity (Wildman–Crippen MR) is 93.9 cm³/mol. The standard InChI is InChI=1S/C21H15NO/c1-2-22-19(13-15-20(22)17-9-5-3-6-10-17)14-16-21(23)18-11-7-4-8-12-18/h2-13,15H,1H2. The highest BCUT2D eigenvalue weighted by Crippen LogP contribution is 2.22. The van der Waals surface area contributed by atoms with Crippen molar-refractivity contribution in [2.45, 2.75) is 0 Å². The quantitative estimate of drug-likeness (QED) is 0.515. The third-order valence-electron chi connectivity index (χ3n) is 3.51. The van der Waals surface area contributed by atoms with Gasteiger partial charge >= 0.3 is 0 Å². The van der Waals surface area contributed by atoms with Crippen molar-refractivity contribution in [3.8, 4) is 23.1 Å². The predicted octanol–water partition coefficient (Wildman–Crippen LogP) is 4.49. The maximum atomic E-state index is 12.1. The highest BCUT2D eigenvalue weighted by Gasteiger charge is 2.06. The molecule has 0 aliphatic heterocycles. The van der Waals surface area contributed by atoms with Gasteiger partial charge in [-0.2, -0.15) is 0 Å². The Balaban J connectivity index is 1.94. The number of rotatable bonds is 3. The zero-order chi connectivity index (χ0) is 16.1. The molecule has 3 rings (SSSR count). The van der Waals surface area contributed by atoms with E-state index in [0.29, 0.717) is 5.56 Å². The molecule has 0 N–H and O–H groups in total. The summed E-state index contributed by atoms with van der Waals surface area (Å²) in [5, 5.41) is 0. The molecular formula is C21H15NO. The number of Topliss-reactive ketones (excluding diaryl/α,β-unsaturated/α-hetero) is 1. The molecule has 0 bridgehead atoms. The minimum absolute atomic E-state index is 0.191. The maximum Gasteiger partial charge on any atom is 0.236 e. The molecule has 0 amide bonds. The Hall–Kier alpha value is -3.31. The number of aromatic nitrogens is 1. The fourth-order valence-electron chi connectivity index (χ4n) is 2.37.